The second-order valence-corrected chi connectivity index (χ2v) is 5.17. The predicted octanol–water partition coefficient (Wildman–Crippen LogP) is 2.38. The average Bonchev–Trinajstić information content (AvgIpc) is 2.77. The number of carboxylic acids is 1. The van der Waals surface area contributed by atoms with E-state index in [1.165, 1.54) is 0 Å². The molecule has 14 heavy (non-hydrogen) atoms. The second-order valence-electron chi connectivity index (χ2n) is 4.10. The minimum Gasteiger partial charge on any atom is -0.481 e. The number of nitrogens with zero attached hydrogens (tertiary/aromatic N) is 1. The van der Waals surface area contributed by atoms with Gasteiger partial charge in [-0.15, -0.1) is 11.3 Å². The summed E-state index contributed by atoms with van der Waals surface area (Å²) < 4.78 is 0. The molecule has 0 radical (unpaired) electrons. The van der Waals surface area contributed by atoms with E-state index in [-0.39, 0.29) is 0 Å². The molecule has 0 aromatic carbocycles. The van der Waals surface area contributed by atoms with Gasteiger partial charge in [-0.25, -0.2) is 4.98 Å². The summed E-state index contributed by atoms with van der Waals surface area (Å²) in [6, 6.07) is 0. The Balaban J connectivity index is 2.30. The van der Waals surface area contributed by atoms with Crippen molar-refractivity contribution in [1.82, 2.24) is 4.98 Å². The van der Waals surface area contributed by atoms with Crippen LogP contribution in [-0.4, -0.2) is 16.1 Å². The van der Waals surface area contributed by atoms with E-state index in [0.717, 1.165) is 22.7 Å². The fraction of sp³-hybridized carbons (Fsp3) is 0.600. The number of carboxylic acid groups (broad SMARTS) is 1. The van der Waals surface area contributed by atoms with Crippen molar-refractivity contribution in [2.75, 3.05) is 0 Å². The van der Waals surface area contributed by atoms with E-state index >= 15 is 0 Å². The first-order valence-corrected chi connectivity index (χ1v) is 5.57. The summed E-state index contributed by atoms with van der Waals surface area (Å²) >= 11 is 1.55. The van der Waals surface area contributed by atoms with Crippen LogP contribution in [0.1, 0.15) is 42.5 Å². The molecule has 1 N–H and O–H groups in total. The lowest BCUT2D eigenvalue weighted by Gasteiger charge is -2.04. The monoisotopic (exact) mass is 211 g/mol. The van der Waals surface area contributed by atoms with Gasteiger partial charge in [-0.3, -0.25) is 4.79 Å². The van der Waals surface area contributed by atoms with Crippen LogP contribution in [0.15, 0.2) is 6.20 Å². The molecular weight excluding hydrogens is 198 g/mol. The predicted molar refractivity (Wildman–Crippen MR) is 54.8 cm³/mol. The molecule has 0 spiro atoms. The summed E-state index contributed by atoms with van der Waals surface area (Å²) in [5.41, 5.74) is -0.579. The van der Waals surface area contributed by atoms with Gasteiger partial charge in [-0.1, -0.05) is 13.8 Å². The lowest BCUT2D eigenvalue weighted by Crippen LogP contribution is -2.17. The Hall–Kier alpha value is -0.900. The molecule has 0 aliphatic heterocycles. The Bertz CT molecular complexity index is 366. The van der Waals surface area contributed by atoms with Crippen molar-refractivity contribution in [3.8, 4) is 0 Å². The number of hydrogen-bond donors (Lipinski definition) is 1. The van der Waals surface area contributed by atoms with E-state index in [1.807, 2.05) is 0 Å². The zero-order valence-electron chi connectivity index (χ0n) is 8.28. The second kappa shape index (κ2) is 3.05. The van der Waals surface area contributed by atoms with Crippen LogP contribution in [0.5, 0.6) is 0 Å². The maximum absolute atomic E-state index is 11.0. The van der Waals surface area contributed by atoms with Crippen molar-refractivity contribution in [1.29, 1.82) is 0 Å². The van der Waals surface area contributed by atoms with Crippen LogP contribution in [0.2, 0.25) is 0 Å². The Morgan fingerprint density at radius 2 is 2.29 bits per heavy atom. The Kier molecular flexibility index (Phi) is 2.10. The maximum Gasteiger partial charge on any atom is 0.315 e. The highest BCUT2D eigenvalue weighted by molar-refractivity contribution is 7.12. The molecule has 0 amide bonds. The van der Waals surface area contributed by atoms with Gasteiger partial charge in [0.05, 0.1) is 5.01 Å². The topological polar surface area (TPSA) is 50.2 Å². The van der Waals surface area contributed by atoms with Crippen LogP contribution in [0, 0.1) is 0 Å². The van der Waals surface area contributed by atoms with Gasteiger partial charge in [0.1, 0.15) is 5.41 Å². The summed E-state index contributed by atoms with van der Waals surface area (Å²) in [4.78, 5) is 16.2. The first-order valence-electron chi connectivity index (χ1n) is 4.76. The summed E-state index contributed by atoms with van der Waals surface area (Å²) in [6.07, 6.45) is 3.27. The largest absolute Gasteiger partial charge is 0.481 e. The number of aliphatic carboxylic acids is 1. The molecular formula is C10H13NO2S. The third-order valence-electron chi connectivity index (χ3n) is 2.65. The smallest absolute Gasteiger partial charge is 0.315 e. The Morgan fingerprint density at radius 3 is 2.64 bits per heavy atom. The van der Waals surface area contributed by atoms with E-state index in [0.29, 0.717) is 5.92 Å². The van der Waals surface area contributed by atoms with E-state index < -0.39 is 11.4 Å². The molecule has 76 valence electrons. The highest BCUT2D eigenvalue weighted by Crippen LogP contribution is 2.50. The summed E-state index contributed by atoms with van der Waals surface area (Å²) in [6.45, 7) is 4.14. The van der Waals surface area contributed by atoms with Gasteiger partial charge in [-0.05, 0) is 12.8 Å². The lowest BCUT2D eigenvalue weighted by atomic mass is 10.1. The molecule has 0 atom stereocenters. The van der Waals surface area contributed by atoms with Crippen molar-refractivity contribution in [3.05, 3.63) is 16.1 Å². The van der Waals surface area contributed by atoms with E-state index in [4.69, 9.17) is 5.11 Å². The standard InChI is InChI=1S/C10H13NO2S/c1-6(2)8-11-5-7(14-8)10(3-4-10)9(12)13/h5-6H,3-4H2,1-2H3,(H,12,13). The minimum absolute atomic E-state index is 0.387. The van der Waals surface area contributed by atoms with Crippen molar-refractivity contribution in [2.24, 2.45) is 0 Å². The van der Waals surface area contributed by atoms with E-state index in [1.54, 1.807) is 17.5 Å². The Morgan fingerprint density at radius 1 is 1.64 bits per heavy atom. The molecule has 1 aromatic rings. The number of hydrogen-bond acceptors (Lipinski definition) is 3. The first-order chi connectivity index (χ1) is 6.56. The number of aromatic nitrogens is 1. The lowest BCUT2D eigenvalue weighted by molar-refractivity contribution is -0.139. The highest BCUT2D eigenvalue weighted by Gasteiger charge is 2.53. The van der Waals surface area contributed by atoms with Gasteiger partial charge >= 0.3 is 5.97 Å². The number of rotatable bonds is 3. The highest BCUT2D eigenvalue weighted by atomic mass is 32.1. The molecule has 0 saturated heterocycles. The van der Waals surface area contributed by atoms with Gasteiger partial charge in [0.25, 0.3) is 0 Å². The average molecular weight is 211 g/mol. The van der Waals surface area contributed by atoms with Crippen LogP contribution in [0.4, 0.5) is 0 Å². The zero-order valence-corrected chi connectivity index (χ0v) is 9.10. The van der Waals surface area contributed by atoms with Gasteiger partial charge in [0, 0.05) is 17.0 Å². The molecule has 1 saturated carbocycles. The molecule has 1 aliphatic rings. The van der Waals surface area contributed by atoms with Crippen LogP contribution in [0.3, 0.4) is 0 Å². The summed E-state index contributed by atoms with van der Waals surface area (Å²) in [5, 5.41) is 10.1. The van der Waals surface area contributed by atoms with E-state index in [9.17, 15) is 4.79 Å². The third kappa shape index (κ3) is 1.34. The van der Waals surface area contributed by atoms with Crippen LogP contribution < -0.4 is 0 Å². The molecule has 4 heteroatoms. The molecule has 1 aliphatic carbocycles. The molecule has 1 aromatic heterocycles. The SMILES string of the molecule is CC(C)c1ncc(C2(C(=O)O)CC2)s1. The van der Waals surface area contributed by atoms with Gasteiger partial charge in [-0.2, -0.15) is 0 Å². The maximum atomic E-state index is 11.0. The fourth-order valence-electron chi connectivity index (χ4n) is 1.47. The van der Waals surface area contributed by atoms with Crippen molar-refractivity contribution < 1.29 is 9.90 Å². The molecule has 1 fully saturated rings. The molecule has 0 bridgehead atoms. The fourth-order valence-corrected chi connectivity index (χ4v) is 2.63. The van der Waals surface area contributed by atoms with Crippen molar-refractivity contribution in [3.63, 3.8) is 0 Å². The quantitative estimate of drug-likeness (QED) is 0.835. The van der Waals surface area contributed by atoms with Crippen LogP contribution in [-0.2, 0) is 10.2 Å². The summed E-state index contributed by atoms with van der Waals surface area (Å²) in [7, 11) is 0. The third-order valence-corrected chi connectivity index (χ3v) is 4.15. The zero-order chi connectivity index (χ0) is 10.3. The van der Waals surface area contributed by atoms with E-state index in [2.05, 4.69) is 18.8 Å². The molecule has 3 nitrogen and oxygen atoms in total. The first kappa shape index (κ1) is 9.65. The Labute approximate surface area is 86.8 Å². The van der Waals surface area contributed by atoms with Gasteiger partial charge in [0.2, 0.25) is 0 Å². The van der Waals surface area contributed by atoms with Crippen molar-refractivity contribution >= 4 is 17.3 Å². The van der Waals surface area contributed by atoms with Crippen molar-refractivity contribution in [2.45, 2.75) is 38.0 Å². The number of thiazole rings is 1. The van der Waals surface area contributed by atoms with Crippen LogP contribution >= 0.6 is 11.3 Å². The molecule has 0 unspecified atom stereocenters. The molecule has 2 rings (SSSR count). The van der Waals surface area contributed by atoms with Gasteiger partial charge in [0.15, 0.2) is 0 Å². The minimum atomic E-state index is -0.698. The van der Waals surface area contributed by atoms with Crippen LogP contribution in [0.25, 0.3) is 0 Å². The summed E-state index contributed by atoms with van der Waals surface area (Å²) in [5.74, 6) is -0.310. The number of carbonyl (C=O) groups is 1. The normalized spacial score (nSPS) is 18.5. The molecule has 1 heterocycles. The van der Waals surface area contributed by atoms with Gasteiger partial charge < -0.3 is 5.11 Å².